The Morgan fingerprint density at radius 1 is 1.30 bits per heavy atom. The number of nitrogens with zero attached hydrogens (tertiary/aromatic N) is 1. The van der Waals surface area contributed by atoms with E-state index >= 15 is 0 Å². The quantitative estimate of drug-likeness (QED) is 0.872. The lowest BCUT2D eigenvalue weighted by Crippen LogP contribution is -2.46. The highest BCUT2D eigenvalue weighted by Gasteiger charge is 2.24. The van der Waals surface area contributed by atoms with E-state index in [1.165, 1.54) is 0 Å². The van der Waals surface area contributed by atoms with Crippen LogP contribution in [0, 0.1) is 11.6 Å². The van der Waals surface area contributed by atoms with Crippen LogP contribution < -0.4 is 5.32 Å². The second kappa shape index (κ2) is 7.35. The van der Waals surface area contributed by atoms with Gasteiger partial charge in [0.15, 0.2) is 9.84 Å². The molecule has 0 bridgehead atoms. The van der Waals surface area contributed by atoms with Crippen molar-refractivity contribution in [2.75, 3.05) is 31.1 Å². The largest absolute Gasteiger partial charge is 0.348 e. The van der Waals surface area contributed by atoms with Gasteiger partial charge in [-0.05, 0) is 24.6 Å². The number of hydrogen-bond donors (Lipinski definition) is 1. The molecule has 0 aromatic heterocycles. The number of hydrogen-bond acceptors (Lipinski definition) is 4. The van der Waals surface area contributed by atoms with E-state index in [-0.39, 0.29) is 29.5 Å². The molecule has 1 N–H and O–H groups in total. The molecule has 1 aliphatic rings. The van der Waals surface area contributed by atoms with Gasteiger partial charge in [0.2, 0.25) is 5.91 Å². The zero-order valence-electron chi connectivity index (χ0n) is 12.9. The van der Waals surface area contributed by atoms with Crippen LogP contribution in [0.1, 0.15) is 24.9 Å². The van der Waals surface area contributed by atoms with Crippen LogP contribution in [-0.4, -0.2) is 50.4 Å². The molecule has 23 heavy (non-hydrogen) atoms. The van der Waals surface area contributed by atoms with Crippen LogP contribution in [-0.2, 0) is 14.6 Å². The first kappa shape index (κ1) is 17.8. The standard InChI is InChI=1S/C15H20F2N2O3S/c1-2-14(12-9-11(16)3-4-13(12)17)18-15(20)10-19-5-7-23(21,22)8-6-19/h3-4,9,14H,2,5-8,10H2,1H3,(H,18,20). The summed E-state index contributed by atoms with van der Waals surface area (Å²) in [5, 5.41) is 2.68. The molecule has 2 rings (SSSR count). The van der Waals surface area contributed by atoms with Crippen molar-refractivity contribution in [3.8, 4) is 0 Å². The van der Waals surface area contributed by atoms with E-state index in [0.29, 0.717) is 19.5 Å². The third kappa shape index (κ3) is 4.97. The summed E-state index contributed by atoms with van der Waals surface area (Å²) < 4.78 is 49.8. The predicted molar refractivity (Wildman–Crippen MR) is 82.6 cm³/mol. The Hall–Kier alpha value is -1.54. The van der Waals surface area contributed by atoms with Gasteiger partial charge in [-0.3, -0.25) is 9.69 Å². The Morgan fingerprint density at radius 3 is 2.57 bits per heavy atom. The van der Waals surface area contributed by atoms with E-state index in [4.69, 9.17) is 0 Å². The van der Waals surface area contributed by atoms with Crippen molar-refractivity contribution in [2.24, 2.45) is 0 Å². The molecule has 1 aliphatic heterocycles. The van der Waals surface area contributed by atoms with Crippen LogP contribution in [0.25, 0.3) is 0 Å². The highest BCUT2D eigenvalue weighted by atomic mass is 32.2. The summed E-state index contributed by atoms with van der Waals surface area (Å²) in [6.07, 6.45) is 0.417. The summed E-state index contributed by atoms with van der Waals surface area (Å²) in [4.78, 5) is 13.8. The maximum Gasteiger partial charge on any atom is 0.234 e. The number of benzene rings is 1. The first-order valence-electron chi connectivity index (χ1n) is 7.48. The number of carbonyl (C=O) groups is 1. The molecule has 1 fully saturated rings. The molecule has 128 valence electrons. The number of nitrogens with one attached hydrogen (secondary N) is 1. The van der Waals surface area contributed by atoms with E-state index in [1.807, 2.05) is 0 Å². The van der Waals surface area contributed by atoms with Gasteiger partial charge in [-0.2, -0.15) is 0 Å². The van der Waals surface area contributed by atoms with Gasteiger partial charge in [-0.25, -0.2) is 17.2 Å². The summed E-state index contributed by atoms with van der Waals surface area (Å²) in [6.45, 7) is 2.42. The minimum absolute atomic E-state index is 0.0377. The Labute approximate surface area is 134 Å². The van der Waals surface area contributed by atoms with Gasteiger partial charge in [-0.1, -0.05) is 6.92 Å². The third-order valence-corrected chi connectivity index (χ3v) is 5.49. The Balaban J connectivity index is 1.96. The van der Waals surface area contributed by atoms with Crippen LogP contribution in [0.2, 0.25) is 0 Å². The van der Waals surface area contributed by atoms with Gasteiger partial charge in [-0.15, -0.1) is 0 Å². The summed E-state index contributed by atoms with van der Waals surface area (Å²) in [7, 11) is -3.00. The highest BCUT2D eigenvalue weighted by Crippen LogP contribution is 2.21. The van der Waals surface area contributed by atoms with Gasteiger partial charge in [0.1, 0.15) is 11.6 Å². The van der Waals surface area contributed by atoms with Gasteiger partial charge in [0.25, 0.3) is 0 Å². The summed E-state index contributed by atoms with van der Waals surface area (Å²) >= 11 is 0. The summed E-state index contributed by atoms with van der Waals surface area (Å²) in [6, 6.07) is 2.53. The second-order valence-corrected chi connectivity index (χ2v) is 7.93. The smallest absolute Gasteiger partial charge is 0.234 e. The topological polar surface area (TPSA) is 66.5 Å². The molecule has 1 unspecified atom stereocenters. The van der Waals surface area contributed by atoms with E-state index in [0.717, 1.165) is 18.2 Å². The number of sulfone groups is 1. The molecular formula is C15H20F2N2O3S. The molecule has 0 radical (unpaired) electrons. The fraction of sp³-hybridized carbons (Fsp3) is 0.533. The molecule has 0 aliphatic carbocycles. The molecule has 1 aromatic carbocycles. The van der Waals surface area contributed by atoms with Crippen molar-refractivity contribution in [3.05, 3.63) is 35.4 Å². The third-order valence-electron chi connectivity index (χ3n) is 3.88. The Morgan fingerprint density at radius 2 is 1.96 bits per heavy atom. The van der Waals surface area contributed by atoms with Gasteiger partial charge in [0, 0.05) is 18.7 Å². The average molecular weight is 346 g/mol. The molecule has 0 saturated carbocycles. The lowest BCUT2D eigenvalue weighted by atomic mass is 10.0. The summed E-state index contributed by atoms with van der Waals surface area (Å²) in [5.74, 6) is -1.38. The zero-order valence-corrected chi connectivity index (χ0v) is 13.7. The lowest BCUT2D eigenvalue weighted by Gasteiger charge is -2.27. The number of carbonyl (C=O) groups excluding carboxylic acids is 1. The fourth-order valence-electron chi connectivity index (χ4n) is 2.53. The van der Waals surface area contributed by atoms with Crippen molar-refractivity contribution >= 4 is 15.7 Å². The molecule has 1 saturated heterocycles. The lowest BCUT2D eigenvalue weighted by molar-refractivity contribution is -0.123. The Bertz CT molecular complexity index is 665. The highest BCUT2D eigenvalue weighted by molar-refractivity contribution is 7.91. The van der Waals surface area contributed by atoms with E-state index in [1.54, 1.807) is 11.8 Å². The number of halogens is 2. The van der Waals surface area contributed by atoms with Gasteiger partial charge < -0.3 is 5.32 Å². The minimum atomic E-state index is -3.00. The fourth-order valence-corrected chi connectivity index (χ4v) is 3.81. The number of rotatable bonds is 5. The number of amides is 1. The van der Waals surface area contributed by atoms with Crippen molar-refractivity contribution < 1.29 is 22.0 Å². The van der Waals surface area contributed by atoms with Crippen LogP contribution in [0.15, 0.2) is 18.2 Å². The molecular weight excluding hydrogens is 326 g/mol. The first-order chi connectivity index (χ1) is 10.8. The monoisotopic (exact) mass is 346 g/mol. The van der Waals surface area contributed by atoms with Crippen molar-refractivity contribution in [3.63, 3.8) is 0 Å². The van der Waals surface area contributed by atoms with Crippen molar-refractivity contribution in [1.82, 2.24) is 10.2 Å². The van der Waals surface area contributed by atoms with E-state index in [9.17, 15) is 22.0 Å². The van der Waals surface area contributed by atoms with Gasteiger partial charge >= 0.3 is 0 Å². The molecule has 8 heteroatoms. The molecule has 1 aromatic rings. The first-order valence-corrected chi connectivity index (χ1v) is 9.30. The molecule has 0 spiro atoms. The predicted octanol–water partition coefficient (Wildman–Crippen LogP) is 1.26. The maximum atomic E-state index is 13.8. The molecule has 1 heterocycles. The van der Waals surface area contributed by atoms with Crippen molar-refractivity contribution in [2.45, 2.75) is 19.4 Å². The van der Waals surface area contributed by atoms with Crippen molar-refractivity contribution in [1.29, 1.82) is 0 Å². The summed E-state index contributed by atoms with van der Waals surface area (Å²) in [5.41, 5.74) is 0.113. The second-order valence-electron chi connectivity index (χ2n) is 5.62. The van der Waals surface area contributed by atoms with E-state index < -0.39 is 27.5 Å². The molecule has 5 nitrogen and oxygen atoms in total. The van der Waals surface area contributed by atoms with Gasteiger partial charge in [0.05, 0.1) is 24.1 Å². The van der Waals surface area contributed by atoms with Crippen LogP contribution in [0.3, 0.4) is 0 Å². The normalized spacial score (nSPS) is 19.3. The zero-order chi connectivity index (χ0) is 17.0. The van der Waals surface area contributed by atoms with Crippen LogP contribution in [0.5, 0.6) is 0 Å². The molecule has 1 amide bonds. The average Bonchev–Trinajstić information content (AvgIpc) is 2.49. The minimum Gasteiger partial charge on any atom is -0.348 e. The SMILES string of the molecule is CCC(NC(=O)CN1CCS(=O)(=O)CC1)c1cc(F)ccc1F. The molecule has 1 atom stereocenters. The van der Waals surface area contributed by atoms with E-state index in [2.05, 4.69) is 5.32 Å². The van der Waals surface area contributed by atoms with Crippen LogP contribution in [0.4, 0.5) is 8.78 Å². The maximum absolute atomic E-state index is 13.8. The van der Waals surface area contributed by atoms with Crippen LogP contribution >= 0.6 is 0 Å². The Kier molecular flexibility index (Phi) is 5.69.